The van der Waals surface area contributed by atoms with Crippen LogP contribution in [0.2, 0.25) is 0 Å². The first-order valence-electron chi connectivity index (χ1n) is 10.9. The Morgan fingerprint density at radius 1 is 0.931 bits per heavy atom. The van der Waals surface area contributed by atoms with E-state index in [1.807, 2.05) is 23.1 Å². The van der Waals surface area contributed by atoms with Crippen LogP contribution in [0.4, 0.5) is 5.69 Å². The third-order valence-electron chi connectivity index (χ3n) is 7.00. The first-order valence-corrected chi connectivity index (χ1v) is 10.9. The van der Waals surface area contributed by atoms with E-state index in [-0.39, 0.29) is 35.6 Å². The maximum atomic E-state index is 13.6. The fourth-order valence-corrected chi connectivity index (χ4v) is 5.38. The zero-order valence-corrected chi connectivity index (χ0v) is 17.0. The van der Waals surface area contributed by atoms with Crippen molar-refractivity contribution >= 4 is 23.5 Å². The highest BCUT2D eigenvalue weighted by atomic mass is 16.4. The van der Waals surface area contributed by atoms with Gasteiger partial charge in [0.05, 0.1) is 11.8 Å². The van der Waals surface area contributed by atoms with Crippen molar-refractivity contribution in [1.82, 2.24) is 4.90 Å². The van der Waals surface area contributed by atoms with Crippen LogP contribution in [0.25, 0.3) is 0 Å². The second-order valence-corrected chi connectivity index (χ2v) is 8.83. The predicted molar refractivity (Wildman–Crippen MR) is 109 cm³/mol. The second kappa shape index (κ2) is 8.17. The number of carboxylic acids is 1. The first-order chi connectivity index (χ1) is 14.0. The number of piperidine rings is 1. The lowest BCUT2D eigenvalue weighted by atomic mass is 9.77. The Kier molecular flexibility index (Phi) is 5.61. The van der Waals surface area contributed by atoms with Crippen molar-refractivity contribution < 1.29 is 19.5 Å². The van der Waals surface area contributed by atoms with E-state index in [0.29, 0.717) is 25.9 Å². The molecule has 3 unspecified atom stereocenters. The number of carbonyl (C=O) groups excluding carboxylic acids is 2. The normalized spacial score (nSPS) is 27.6. The Morgan fingerprint density at radius 2 is 1.55 bits per heavy atom. The lowest BCUT2D eigenvalue weighted by Gasteiger charge is -2.38. The van der Waals surface area contributed by atoms with Gasteiger partial charge in [0.1, 0.15) is 0 Å². The molecule has 0 radical (unpaired) electrons. The third-order valence-corrected chi connectivity index (χ3v) is 7.00. The number of carboxylic acid groups (broad SMARTS) is 1. The molecule has 4 rings (SSSR count). The van der Waals surface area contributed by atoms with E-state index in [1.54, 1.807) is 4.90 Å². The van der Waals surface area contributed by atoms with Crippen LogP contribution in [-0.4, -0.2) is 46.9 Å². The number of hydrogen-bond acceptors (Lipinski definition) is 3. The number of amides is 2. The molecule has 2 heterocycles. The van der Waals surface area contributed by atoms with E-state index < -0.39 is 5.97 Å². The molecule has 1 saturated carbocycles. The molecule has 1 aliphatic carbocycles. The molecule has 6 heteroatoms. The summed E-state index contributed by atoms with van der Waals surface area (Å²) in [7, 11) is 0. The molecule has 2 aliphatic heterocycles. The number of benzene rings is 1. The molecule has 29 heavy (non-hydrogen) atoms. The summed E-state index contributed by atoms with van der Waals surface area (Å²) in [6.07, 6.45) is 5.31. The maximum Gasteiger partial charge on any atom is 0.306 e. The summed E-state index contributed by atoms with van der Waals surface area (Å²) in [4.78, 5) is 41.8. The molecular formula is C23H30N2O4. The minimum atomic E-state index is -0.774. The SMILES string of the molecule is CC1Cc2ccccc2N1C(=O)C1CCCCC1C(=O)N1CCC(C(=O)O)CC1. The molecule has 3 aliphatic rings. The molecule has 0 bridgehead atoms. The monoisotopic (exact) mass is 398 g/mol. The van der Waals surface area contributed by atoms with Crippen LogP contribution in [-0.2, 0) is 20.8 Å². The molecule has 2 amide bonds. The van der Waals surface area contributed by atoms with Gasteiger partial charge < -0.3 is 14.9 Å². The summed E-state index contributed by atoms with van der Waals surface area (Å²) in [5.41, 5.74) is 2.19. The van der Waals surface area contributed by atoms with Gasteiger partial charge in [0, 0.05) is 30.7 Å². The van der Waals surface area contributed by atoms with Gasteiger partial charge in [0.25, 0.3) is 0 Å². The highest BCUT2D eigenvalue weighted by Crippen LogP contribution is 2.39. The molecule has 0 spiro atoms. The van der Waals surface area contributed by atoms with Gasteiger partial charge >= 0.3 is 5.97 Å². The third kappa shape index (κ3) is 3.77. The Morgan fingerprint density at radius 3 is 2.21 bits per heavy atom. The highest BCUT2D eigenvalue weighted by Gasteiger charge is 2.43. The number of hydrogen-bond donors (Lipinski definition) is 1. The van der Waals surface area contributed by atoms with Crippen molar-refractivity contribution in [2.24, 2.45) is 17.8 Å². The number of anilines is 1. The van der Waals surface area contributed by atoms with Gasteiger partial charge in [-0.05, 0) is 50.7 Å². The molecular weight excluding hydrogens is 368 g/mol. The summed E-state index contributed by atoms with van der Waals surface area (Å²) in [6, 6.07) is 8.17. The van der Waals surface area contributed by atoms with Crippen LogP contribution in [0.5, 0.6) is 0 Å². The van der Waals surface area contributed by atoms with Crippen LogP contribution in [0.1, 0.15) is 51.0 Å². The van der Waals surface area contributed by atoms with Crippen LogP contribution in [0.15, 0.2) is 24.3 Å². The van der Waals surface area contributed by atoms with Crippen LogP contribution in [0.3, 0.4) is 0 Å². The van der Waals surface area contributed by atoms with E-state index in [9.17, 15) is 19.5 Å². The number of para-hydroxylation sites is 1. The van der Waals surface area contributed by atoms with E-state index in [0.717, 1.165) is 37.8 Å². The molecule has 1 N–H and O–H groups in total. The van der Waals surface area contributed by atoms with Gasteiger partial charge in [-0.3, -0.25) is 14.4 Å². The minimum Gasteiger partial charge on any atom is -0.481 e. The van der Waals surface area contributed by atoms with Gasteiger partial charge in [-0.15, -0.1) is 0 Å². The number of likely N-dealkylation sites (tertiary alicyclic amines) is 1. The standard InChI is InChI=1S/C23H30N2O4/c1-15-14-17-6-2-5-9-20(17)25(15)22(27)19-8-4-3-7-18(19)21(26)24-12-10-16(11-13-24)23(28)29/h2,5-6,9,15-16,18-19H,3-4,7-8,10-14H2,1H3,(H,28,29). The molecule has 6 nitrogen and oxygen atoms in total. The largest absolute Gasteiger partial charge is 0.481 e. The van der Waals surface area contributed by atoms with Crippen molar-refractivity contribution in [3.8, 4) is 0 Å². The number of carbonyl (C=O) groups is 3. The molecule has 3 atom stereocenters. The van der Waals surface area contributed by atoms with E-state index in [2.05, 4.69) is 13.0 Å². The van der Waals surface area contributed by atoms with E-state index in [4.69, 9.17) is 0 Å². The summed E-state index contributed by atoms with van der Waals surface area (Å²) >= 11 is 0. The van der Waals surface area contributed by atoms with E-state index >= 15 is 0 Å². The fourth-order valence-electron chi connectivity index (χ4n) is 5.38. The van der Waals surface area contributed by atoms with Gasteiger partial charge in [0.2, 0.25) is 11.8 Å². The lowest BCUT2D eigenvalue weighted by Crippen LogP contribution is -2.50. The topological polar surface area (TPSA) is 77.9 Å². The van der Waals surface area contributed by atoms with Crippen molar-refractivity contribution in [3.63, 3.8) is 0 Å². The van der Waals surface area contributed by atoms with Gasteiger partial charge in [0.15, 0.2) is 0 Å². The molecule has 1 saturated heterocycles. The Bertz CT molecular complexity index is 800. The Balaban J connectivity index is 1.50. The smallest absolute Gasteiger partial charge is 0.306 e. The van der Waals surface area contributed by atoms with Crippen molar-refractivity contribution in [2.45, 2.75) is 57.9 Å². The molecule has 2 fully saturated rings. The number of fused-ring (bicyclic) bond motifs is 1. The summed E-state index contributed by atoms with van der Waals surface area (Å²) < 4.78 is 0. The predicted octanol–water partition coefficient (Wildman–Crippen LogP) is 3.09. The second-order valence-electron chi connectivity index (χ2n) is 8.83. The van der Waals surface area contributed by atoms with Crippen molar-refractivity contribution in [3.05, 3.63) is 29.8 Å². The Labute approximate surface area is 171 Å². The fraction of sp³-hybridized carbons (Fsp3) is 0.609. The van der Waals surface area contributed by atoms with Crippen molar-refractivity contribution in [1.29, 1.82) is 0 Å². The zero-order chi connectivity index (χ0) is 20.5. The number of nitrogens with zero attached hydrogens (tertiary/aromatic N) is 2. The number of aliphatic carboxylic acids is 1. The van der Waals surface area contributed by atoms with Gasteiger partial charge in [-0.1, -0.05) is 31.0 Å². The summed E-state index contributed by atoms with van der Waals surface area (Å²) in [5, 5.41) is 9.20. The van der Waals surface area contributed by atoms with Gasteiger partial charge in [-0.2, -0.15) is 0 Å². The van der Waals surface area contributed by atoms with Crippen molar-refractivity contribution in [2.75, 3.05) is 18.0 Å². The zero-order valence-electron chi connectivity index (χ0n) is 17.0. The Hall–Kier alpha value is -2.37. The summed E-state index contributed by atoms with van der Waals surface area (Å²) in [5.74, 6) is -1.55. The van der Waals surface area contributed by atoms with Gasteiger partial charge in [-0.25, -0.2) is 0 Å². The number of rotatable bonds is 3. The van der Waals surface area contributed by atoms with Crippen LogP contribution >= 0.6 is 0 Å². The quantitative estimate of drug-likeness (QED) is 0.849. The molecule has 1 aromatic carbocycles. The molecule has 1 aromatic rings. The summed E-state index contributed by atoms with van der Waals surface area (Å²) in [6.45, 7) is 3.04. The molecule has 0 aromatic heterocycles. The minimum absolute atomic E-state index is 0.0482. The van der Waals surface area contributed by atoms with Crippen LogP contribution < -0.4 is 4.90 Å². The van der Waals surface area contributed by atoms with Crippen LogP contribution in [0, 0.1) is 17.8 Å². The average molecular weight is 399 g/mol. The lowest BCUT2D eigenvalue weighted by molar-refractivity contribution is -0.148. The average Bonchev–Trinajstić information content (AvgIpc) is 3.08. The molecule has 156 valence electrons. The highest BCUT2D eigenvalue weighted by molar-refractivity contribution is 6.00. The first kappa shape index (κ1) is 19.9. The maximum absolute atomic E-state index is 13.6. The van der Waals surface area contributed by atoms with E-state index in [1.165, 1.54) is 5.56 Å².